The average molecular weight is 117 g/mol. The van der Waals surface area contributed by atoms with E-state index in [2.05, 4.69) is 0 Å². The van der Waals surface area contributed by atoms with Gasteiger partial charge in [0.05, 0.1) is 0 Å². The molecular weight excluding hydrogens is 116 g/mol. The molecule has 4 heteroatoms. The summed E-state index contributed by atoms with van der Waals surface area (Å²) in [5.41, 5.74) is 0. The molecule has 0 bridgehead atoms. The topological polar surface area (TPSA) is 54.4 Å². The SMILES string of the molecule is O=[C-]O.[O]=[Fe+]. The van der Waals surface area contributed by atoms with Crippen LogP contribution in [0.4, 0.5) is 0 Å². The minimum absolute atomic E-state index is 0.500. The fraction of sp³-hybridized carbons (Fsp3) is 0. The second kappa shape index (κ2) is 47.3. The minimum atomic E-state index is 0.500. The zero-order valence-corrected chi connectivity index (χ0v) is 3.22. The van der Waals surface area contributed by atoms with Crippen molar-refractivity contribution in [1.29, 1.82) is 0 Å². The van der Waals surface area contributed by atoms with Crippen molar-refractivity contribution < 1.29 is 29.7 Å². The third-order valence-electron chi connectivity index (χ3n) is 0. The Kier molecular flexibility index (Phi) is 83.6. The Morgan fingerprint density at radius 1 is 1.60 bits per heavy atom. The molecular formula is CHFeO3. The first-order chi connectivity index (χ1) is 2.41. The van der Waals surface area contributed by atoms with Gasteiger partial charge < -0.3 is 9.90 Å². The van der Waals surface area contributed by atoms with E-state index >= 15 is 0 Å². The van der Waals surface area contributed by atoms with Crippen LogP contribution in [0.3, 0.4) is 0 Å². The van der Waals surface area contributed by atoms with E-state index < -0.39 is 0 Å². The molecule has 0 saturated carbocycles. The third-order valence-corrected chi connectivity index (χ3v) is 0. The van der Waals surface area contributed by atoms with Crippen LogP contribution < -0.4 is 0 Å². The number of rotatable bonds is 0. The number of hydrogen-bond acceptors (Lipinski definition) is 2. The normalized spacial score (nSPS) is 3.20. The van der Waals surface area contributed by atoms with Gasteiger partial charge in [-0.2, -0.15) is 0 Å². The molecule has 0 spiro atoms. The maximum absolute atomic E-state index is 8.24. The van der Waals surface area contributed by atoms with E-state index in [1.807, 2.05) is 15.9 Å². The fourth-order valence-electron chi connectivity index (χ4n) is 0. The van der Waals surface area contributed by atoms with Gasteiger partial charge in [-0.1, -0.05) is 6.47 Å². The van der Waals surface area contributed by atoms with Crippen molar-refractivity contribution >= 4 is 6.47 Å². The van der Waals surface area contributed by atoms with Gasteiger partial charge >= 0.3 is 19.8 Å². The van der Waals surface area contributed by atoms with E-state index in [9.17, 15) is 0 Å². The van der Waals surface area contributed by atoms with Gasteiger partial charge in [0.15, 0.2) is 0 Å². The van der Waals surface area contributed by atoms with Gasteiger partial charge in [0.25, 0.3) is 0 Å². The quantitative estimate of drug-likeness (QED) is 0.343. The van der Waals surface area contributed by atoms with Gasteiger partial charge in [0.1, 0.15) is 0 Å². The van der Waals surface area contributed by atoms with Crippen LogP contribution in [-0.4, -0.2) is 11.6 Å². The van der Waals surface area contributed by atoms with Gasteiger partial charge in [-0.15, -0.1) is 0 Å². The molecule has 0 aromatic carbocycles. The van der Waals surface area contributed by atoms with Crippen molar-refractivity contribution in [2.45, 2.75) is 0 Å². The van der Waals surface area contributed by atoms with Gasteiger partial charge in [0, 0.05) is 0 Å². The maximum atomic E-state index is 8.24. The van der Waals surface area contributed by atoms with Crippen molar-refractivity contribution in [2.24, 2.45) is 0 Å². The summed E-state index contributed by atoms with van der Waals surface area (Å²) in [6.07, 6.45) is 0. The first-order valence-electron chi connectivity index (χ1n) is 0.572. The van der Waals surface area contributed by atoms with E-state index in [4.69, 9.17) is 13.7 Å². The van der Waals surface area contributed by atoms with Crippen LogP contribution in [0.1, 0.15) is 0 Å². The van der Waals surface area contributed by atoms with Gasteiger partial charge in [-0.25, -0.2) is 0 Å². The predicted molar refractivity (Wildman–Crippen MR) is 9.01 cm³/mol. The summed E-state index contributed by atoms with van der Waals surface area (Å²) in [6.45, 7) is 0.500. The molecule has 31 valence electrons. The van der Waals surface area contributed by atoms with E-state index in [1.165, 1.54) is 0 Å². The molecule has 1 N–H and O–H groups in total. The molecule has 0 atom stereocenters. The Morgan fingerprint density at radius 3 is 1.60 bits per heavy atom. The van der Waals surface area contributed by atoms with Gasteiger partial charge in [0.2, 0.25) is 0 Å². The zero-order valence-electron chi connectivity index (χ0n) is 2.12. The molecule has 5 heavy (non-hydrogen) atoms. The zero-order chi connectivity index (χ0) is 4.71. The van der Waals surface area contributed by atoms with Gasteiger partial charge in [-0.05, 0) is 0 Å². The molecule has 0 heterocycles. The second-order valence-corrected chi connectivity index (χ2v) is 0.0913. The standard InChI is InChI=1S/CHO2.Fe.O/c2-1-3;;/h(H,2,3);;/q-1;+1;. The molecule has 0 aliphatic rings. The molecule has 0 aromatic rings. The van der Waals surface area contributed by atoms with Crippen LogP contribution in [-0.2, 0) is 24.6 Å². The Balaban J connectivity index is 0. The van der Waals surface area contributed by atoms with Crippen molar-refractivity contribution in [3.63, 3.8) is 0 Å². The molecule has 0 aromatic heterocycles. The van der Waals surface area contributed by atoms with E-state index in [0.717, 1.165) is 0 Å². The summed E-state index contributed by atoms with van der Waals surface area (Å²) in [5.74, 6) is 0. The molecule has 0 aliphatic carbocycles. The Bertz CT molecular complexity index is 20.9. The van der Waals surface area contributed by atoms with Crippen molar-refractivity contribution in [3.8, 4) is 0 Å². The average Bonchev–Trinajstić information content (AvgIpc) is 1.46. The van der Waals surface area contributed by atoms with E-state index in [0.29, 0.717) is 6.47 Å². The molecule has 0 aliphatic heterocycles. The second-order valence-electron chi connectivity index (χ2n) is 0.0913. The molecule has 0 rings (SSSR count). The monoisotopic (exact) mass is 117 g/mol. The molecule has 3 nitrogen and oxygen atoms in total. The van der Waals surface area contributed by atoms with Crippen molar-refractivity contribution in [3.05, 3.63) is 0 Å². The number of aliphatic hydroxyl groups excluding tert-OH is 1. The molecule has 0 fully saturated rings. The number of hydrogen-bond donors (Lipinski definition) is 1. The Morgan fingerprint density at radius 2 is 1.60 bits per heavy atom. The van der Waals surface area contributed by atoms with Crippen LogP contribution in [0, 0.1) is 0 Å². The van der Waals surface area contributed by atoms with Crippen LogP contribution >= 0.6 is 0 Å². The van der Waals surface area contributed by atoms with Crippen LogP contribution in [0.2, 0.25) is 0 Å². The summed E-state index contributed by atoms with van der Waals surface area (Å²) >= 11 is 2.00. The van der Waals surface area contributed by atoms with E-state index in [-0.39, 0.29) is 0 Å². The third kappa shape index (κ3) is 274. The summed E-state index contributed by atoms with van der Waals surface area (Å²) < 4.78 is 8.00. The molecule has 0 unspecified atom stereocenters. The summed E-state index contributed by atoms with van der Waals surface area (Å²) in [6, 6.07) is 0. The molecule has 0 saturated heterocycles. The van der Waals surface area contributed by atoms with Crippen LogP contribution in [0.25, 0.3) is 0 Å². The van der Waals surface area contributed by atoms with Crippen LogP contribution in [0.5, 0.6) is 0 Å². The Labute approximate surface area is 37.0 Å². The van der Waals surface area contributed by atoms with Gasteiger partial charge in [-0.3, -0.25) is 0 Å². The molecule has 0 amide bonds. The van der Waals surface area contributed by atoms with E-state index in [1.54, 1.807) is 0 Å². The molecule has 0 radical (unpaired) electrons. The summed E-state index contributed by atoms with van der Waals surface area (Å²) in [5, 5.41) is 6.76. The summed E-state index contributed by atoms with van der Waals surface area (Å²) in [7, 11) is 0. The first kappa shape index (κ1) is 8.84. The fourth-order valence-corrected chi connectivity index (χ4v) is 0. The summed E-state index contributed by atoms with van der Waals surface area (Å²) in [4.78, 5) is 8.24. The van der Waals surface area contributed by atoms with Crippen molar-refractivity contribution in [2.75, 3.05) is 0 Å². The van der Waals surface area contributed by atoms with Crippen molar-refractivity contribution in [1.82, 2.24) is 0 Å². The van der Waals surface area contributed by atoms with Crippen LogP contribution in [0.15, 0.2) is 0 Å². The Hall–Kier alpha value is -0.211. The first-order valence-corrected chi connectivity index (χ1v) is 1.02. The predicted octanol–water partition coefficient (Wildman–Crippen LogP) is -0.510.